The third-order valence-electron chi connectivity index (χ3n) is 5.63. The molecular formula is C25H21FN2O5S. The fourth-order valence-electron chi connectivity index (χ4n) is 4.21. The molecule has 34 heavy (non-hydrogen) atoms. The maximum atomic E-state index is 14.1. The van der Waals surface area contributed by atoms with Gasteiger partial charge in [0.05, 0.1) is 35.9 Å². The minimum absolute atomic E-state index is 0.00342. The van der Waals surface area contributed by atoms with Gasteiger partial charge in [-0.2, -0.15) is 8.42 Å². The Labute approximate surface area is 194 Å². The lowest BCUT2D eigenvalue weighted by molar-refractivity contribution is 0.252. The van der Waals surface area contributed by atoms with Gasteiger partial charge in [0.1, 0.15) is 11.6 Å². The highest BCUT2D eigenvalue weighted by Gasteiger charge is 2.18. The lowest BCUT2D eigenvalue weighted by Crippen LogP contribution is -2.12. The maximum Gasteiger partial charge on any atom is 0.264 e. The summed E-state index contributed by atoms with van der Waals surface area (Å²) in [4.78, 5) is 17.6. The van der Waals surface area contributed by atoms with Gasteiger partial charge in [0, 0.05) is 47.8 Å². The number of aromatic nitrogens is 2. The maximum absolute atomic E-state index is 14.1. The Hall–Kier alpha value is -3.56. The van der Waals surface area contributed by atoms with Crippen LogP contribution in [-0.2, 0) is 20.7 Å². The molecule has 0 aliphatic rings. The van der Waals surface area contributed by atoms with Gasteiger partial charge in [-0.1, -0.05) is 6.07 Å². The summed E-state index contributed by atoms with van der Waals surface area (Å²) in [6.45, 7) is 0.212. The normalized spacial score (nSPS) is 12.2. The molecule has 0 bridgehead atoms. The molecule has 9 heteroatoms. The van der Waals surface area contributed by atoms with Crippen LogP contribution in [0.4, 0.5) is 4.39 Å². The molecule has 0 saturated carbocycles. The van der Waals surface area contributed by atoms with E-state index in [1.54, 1.807) is 30.7 Å². The first-order valence-corrected chi connectivity index (χ1v) is 12.5. The van der Waals surface area contributed by atoms with Gasteiger partial charge < -0.3 is 9.14 Å². The Bertz CT molecular complexity index is 1670. The number of rotatable bonds is 8. The minimum atomic E-state index is -3.51. The van der Waals surface area contributed by atoms with Crippen molar-refractivity contribution in [1.82, 2.24) is 9.38 Å². The van der Waals surface area contributed by atoms with Gasteiger partial charge in [0.15, 0.2) is 5.43 Å². The first kappa shape index (κ1) is 22.2. The van der Waals surface area contributed by atoms with Crippen molar-refractivity contribution in [2.45, 2.75) is 12.8 Å². The summed E-state index contributed by atoms with van der Waals surface area (Å²) in [6, 6.07) is 11.8. The molecule has 0 fully saturated rings. The molecule has 0 radical (unpaired) electrons. The molecule has 0 amide bonds. The summed E-state index contributed by atoms with van der Waals surface area (Å²) in [5.41, 5.74) is 2.68. The molecule has 0 N–H and O–H groups in total. The van der Waals surface area contributed by atoms with Crippen LogP contribution >= 0.6 is 0 Å². The molecule has 0 atom stereocenters. The fraction of sp³-hybridized carbons (Fsp3) is 0.200. The number of pyridine rings is 2. The number of halogens is 1. The lowest BCUT2D eigenvalue weighted by atomic mass is 10.0. The van der Waals surface area contributed by atoms with E-state index in [1.807, 2.05) is 22.6 Å². The average molecular weight is 481 g/mol. The molecule has 0 aliphatic carbocycles. The van der Waals surface area contributed by atoms with Crippen LogP contribution in [0.15, 0.2) is 65.8 Å². The Morgan fingerprint density at radius 1 is 1.06 bits per heavy atom. The average Bonchev–Trinajstić information content (AvgIpc) is 3.10. The zero-order valence-electron chi connectivity index (χ0n) is 18.3. The smallest absolute Gasteiger partial charge is 0.264 e. The molecular weight excluding hydrogens is 459 g/mol. The minimum Gasteiger partial charge on any atom is -0.493 e. The van der Waals surface area contributed by atoms with Crippen LogP contribution in [0.5, 0.6) is 5.75 Å². The zero-order valence-corrected chi connectivity index (χ0v) is 19.1. The van der Waals surface area contributed by atoms with Crippen LogP contribution in [0.3, 0.4) is 0 Å². The summed E-state index contributed by atoms with van der Waals surface area (Å²) in [6.07, 6.45) is 6.89. The van der Waals surface area contributed by atoms with Gasteiger partial charge >= 0.3 is 0 Å². The SMILES string of the molecule is CS(=O)(=O)OCCCOc1cc2c(=O)c(Cc3cccnc3)cn3c4cc(F)ccc4c(c1)c23. The van der Waals surface area contributed by atoms with Crippen molar-refractivity contribution in [2.24, 2.45) is 0 Å². The van der Waals surface area contributed by atoms with E-state index >= 15 is 0 Å². The molecule has 5 rings (SSSR count). The topological polar surface area (TPSA) is 87.0 Å². The molecule has 0 unspecified atom stereocenters. The summed E-state index contributed by atoms with van der Waals surface area (Å²) in [5, 5.41) is 2.05. The standard InChI is InChI=1S/C25H21FN2O5S/c1-34(30,31)33-9-3-8-32-19-12-21-20-6-5-18(26)11-23(20)28-15-17(10-16-4-2-7-27-14-16)25(29)22(13-19)24(21)28/h2,4-7,11-15H,3,8-10H2,1H3. The van der Waals surface area contributed by atoms with E-state index in [1.165, 1.54) is 12.1 Å². The Morgan fingerprint density at radius 3 is 2.65 bits per heavy atom. The molecule has 5 aromatic rings. The summed E-state index contributed by atoms with van der Waals surface area (Å²) < 4.78 is 48.8. The molecule has 0 spiro atoms. The second kappa shape index (κ2) is 8.66. The second-order valence-corrected chi connectivity index (χ2v) is 9.79. The van der Waals surface area contributed by atoms with Crippen molar-refractivity contribution >= 4 is 37.3 Å². The number of ether oxygens (including phenoxy) is 1. The van der Waals surface area contributed by atoms with E-state index in [9.17, 15) is 17.6 Å². The molecule has 7 nitrogen and oxygen atoms in total. The van der Waals surface area contributed by atoms with Crippen molar-refractivity contribution < 1.29 is 21.7 Å². The lowest BCUT2D eigenvalue weighted by Gasteiger charge is -2.10. The highest BCUT2D eigenvalue weighted by Crippen LogP contribution is 2.35. The van der Waals surface area contributed by atoms with Gasteiger partial charge in [-0.3, -0.25) is 14.0 Å². The van der Waals surface area contributed by atoms with Crippen LogP contribution in [-0.4, -0.2) is 37.3 Å². The second-order valence-electron chi connectivity index (χ2n) is 8.15. The summed E-state index contributed by atoms with van der Waals surface area (Å²) in [5.74, 6) is 0.107. The van der Waals surface area contributed by atoms with Crippen LogP contribution in [0, 0.1) is 5.82 Å². The first-order valence-electron chi connectivity index (χ1n) is 10.7. The van der Waals surface area contributed by atoms with Gasteiger partial charge in [0.25, 0.3) is 10.1 Å². The van der Waals surface area contributed by atoms with Crippen molar-refractivity contribution in [3.05, 3.63) is 88.2 Å². The molecule has 0 saturated heterocycles. The molecule has 2 aromatic carbocycles. The number of nitrogens with zero attached hydrogens (tertiary/aromatic N) is 2. The van der Waals surface area contributed by atoms with Crippen LogP contribution in [0.25, 0.3) is 27.2 Å². The van der Waals surface area contributed by atoms with Gasteiger partial charge in [-0.05, 0) is 42.0 Å². The summed E-state index contributed by atoms with van der Waals surface area (Å²) >= 11 is 0. The zero-order chi connectivity index (χ0) is 23.9. The highest BCUT2D eigenvalue weighted by molar-refractivity contribution is 7.85. The van der Waals surface area contributed by atoms with Gasteiger partial charge in [0.2, 0.25) is 0 Å². The van der Waals surface area contributed by atoms with E-state index < -0.39 is 10.1 Å². The number of hydrogen-bond donors (Lipinski definition) is 0. The first-order chi connectivity index (χ1) is 16.3. The third-order valence-corrected chi connectivity index (χ3v) is 6.22. The van der Waals surface area contributed by atoms with Gasteiger partial charge in [-0.25, -0.2) is 4.39 Å². The molecule has 174 valence electrons. The predicted molar refractivity (Wildman–Crippen MR) is 128 cm³/mol. The van der Waals surface area contributed by atoms with E-state index in [0.29, 0.717) is 40.6 Å². The van der Waals surface area contributed by atoms with E-state index in [0.717, 1.165) is 22.6 Å². The van der Waals surface area contributed by atoms with E-state index in [-0.39, 0.29) is 24.5 Å². The summed E-state index contributed by atoms with van der Waals surface area (Å²) in [7, 11) is -3.51. The number of hydrogen-bond acceptors (Lipinski definition) is 6. The Morgan fingerprint density at radius 2 is 1.88 bits per heavy atom. The third kappa shape index (κ3) is 4.32. The van der Waals surface area contributed by atoms with Gasteiger partial charge in [-0.15, -0.1) is 0 Å². The van der Waals surface area contributed by atoms with Crippen LogP contribution in [0.1, 0.15) is 17.5 Å². The monoisotopic (exact) mass is 480 g/mol. The fourth-order valence-corrected chi connectivity index (χ4v) is 4.63. The van der Waals surface area contributed by atoms with Crippen molar-refractivity contribution in [3.63, 3.8) is 0 Å². The number of benzene rings is 2. The Balaban J connectivity index is 1.60. The van der Waals surface area contributed by atoms with Crippen LogP contribution < -0.4 is 10.2 Å². The van der Waals surface area contributed by atoms with Crippen molar-refractivity contribution in [1.29, 1.82) is 0 Å². The van der Waals surface area contributed by atoms with E-state index in [2.05, 4.69) is 4.98 Å². The van der Waals surface area contributed by atoms with Crippen molar-refractivity contribution in [2.75, 3.05) is 19.5 Å². The molecule has 3 aromatic heterocycles. The quantitative estimate of drug-likeness (QED) is 0.247. The largest absolute Gasteiger partial charge is 0.493 e. The predicted octanol–water partition coefficient (Wildman–Crippen LogP) is 3.91. The Kier molecular flexibility index (Phi) is 5.66. The van der Waals surface area contributed by atoms with E-state index in [4.69, 9.17) is 8.92 Å². The molecule has 3 heterocycles. The highest BCUT2D eigenvalue weighted by atomic mass is 32.2. The van der Waals surface area contributed by atoms with Crippen molar-refractivity contribution in [3.8, 4) is 5.75 Å². The molecule has 0 aliphatic heterocycles. The number of fused-ring (bicyclic) bond motifs is 3. The van der Waals surface area contributed by atoms with Crippen LogP contribution in [0.2, 0.25) is 0 Å².